The molecule has 0 radical (unpaired) electrons. The summed E-state index contributed by atoms with van der Waals surface area (Å²) in [5, 5.41) is 4.34. The van der Waals surface area contributed by atoms with Gasteiger partial charge < -0.3 is 15.2 Å². The third-order valence-corrected chi connectivity index (χ3v) is 5.79. The van der Waals surface area contributed by atoms with E-state index < -0.39 is 0 Å². The van der Waals surface area contributed by atoms with Crippen molar-refractivity contribution in [1.29, 1.82) is 0 Å². The van der Waals surface area contributed by atoms with E-state index in [-0.39, 0.29) is 11.8 Å². The van der Waals surface area contributed by atoms with Crippen LogP contribution >= 0.6 is 0 Å². The Morgan fingerprint density at radius 2 is 1.75 bits per heavy atom. The zero-order valence-electron chi connectivity index (χ0n) is 16.4. The number of aromatic amines is 1. The number of carbonyl (C=O) groups is 1. The summed E-state index contributed by atoms with van der Waals surface area (Å²) >= 11 is 0. The first-order valence-corrected chi connectivity index (χ1v) is 10.4. The van der Waals surface area contributed by atoms with Crippen molar-refractivity contribution in [2.45, 2.75) is 31.6 Å². The number of nitrogens with one attached hydrogen (secondary N) is 2. The zero-order chi connectivity index (χ0) is 19.2. The summed E-state index contributed by atoms with van der Waals surface area (Å²) in [6.45, 7) is 4.01. The monoisotopic (exact) mass is 375 g/mol. The first kappa shape index (κ1) is 18.8. The number of H-pyrrole nitrogens is 1. The van der Waals surface area contributed by atoms with Gasteiger partial charge in [0.2, 0.25) is 5.91 Å². The Bertz CT molecular complexity index is 896. The number of benzene rings is 2. The van der Waals surface area contributed by atoms with E-state index in [0.29, 0.717) is 6.42 Å². The molecule has 146 valence electrons. The molecule has 1 amide bonds. The smallest absolute Gasteiger partial charge is 0.220 e. The minimum atomic E-state index is 0.0485. The molecule has 2 heterocycles. The standard InChI is InChI=1S/C24H29N3O/c28-24(25-13-16-27-14-7-2-8-15-27)17-21(19-9-3-1-4-10-19)22-18-26-23-12-6-5-11-20(22)23/h1,3-6,9-12,18,21,26H,2,7-8,13-17H2,(H,25,28). The van der Waals surface area contributed by atoms with Crippen LogP contribution in [0, 0.1) is 0 Å². The third kappa shape index (κ3) is 4.45. The average Bonchev–Trinajstić information content (AvgIpc) is 3.17. The number of likely N-dealkylation sites (tertiary alicyclic amines) is 1. The van der Waals surface area contributed by atoms with E-state index in [9.17, 15) is 4.79 Å². The lowest BCUT2D eigenvalue weighted by atomic mass is 9.88. The second kappa shape index (κ2) is 9.07. The van der Waals surface area contributed by atoms with Crippen molar-refractivity contribution in [2.75, 3.05) is 26.2 Å². The van der Waals surface area contributed by atoms with Crippen molar-refractivity contribution >= 4 is 16.8 Å². The average molecular weight is 376 g/mol. The summed E-state index contributed by atoms with van der Waals surface area (Å²) in [6, 6.07) is 18.7. The summed E-state index contributed by atoms with van der Waals surface area (Å²) in [7, 11) is 0. The minimum Gasteiger partial charge on any atom is -0.361 e. The topological polar surface area (TPSA) is 48.1 Å². The fourth-order valence-electron chi connectivity index (χ4n) is 4.27. The number of hydrogen-bond acceptors (Lipinski definition) is 2. The molecule has 1 aliphatic rings. The largest absolute Gasteiger partial charge is 0.361 e. The van der Waals surface area contributed by atoms with Crippen LogP contribution in [0.4, 0.5) is 0 Å². The molecule has 1 aromatic heterocycles. The number of para-hydroxylation sites is 1. The molecule has 0 aliphatic carbocycles. The van der Waals surface area contributed by atoms with Crippen molar-refractivity contribution in [3.63, 3.8) is 0 Å². The molecule has 0 saturated carbocycles. The van der Waals surface area contributed by atoms with Gasteiger partial charge in [-0.2, -0.15) is 0 Å². The highest BCUT2D eigenvalue weighted by molar-refractivity contribution is 5.86. The highest BCUT2D eigenvalue weighted by atomic mass is 16.1. The molecular formula is C24H29N3O. The molecule has 2 N–H and O–H groups in total. The fraction of sp³-hybridized carbons (Fsp3) is 0.375. The second-order valence-electron chi connectivity index (χ2n) is 7.71. The van der Waals surface area contributed by atoms with Crippen molar-refractivity contribution < 1.29 is 4.79 Å². The first-order valence-electron chi connectivity index (χ1n) is 10.4. The quantitative estimate of drug-likeness (QED) is 0.647. The van der Waals surface area contributed by atoms with Crippen LogP contribution < -0.4 is 5.32 Å². The Morgan fingerprint density at radius 1 is 1.00 bits per heavy atom. The van der Waals surface area contributed by atoms with Gasteiger partial charge in [-0.05, 0) is 43.1 Å². The number of aromatic nitrogens is 1. The van der Waals surface area contributed by atoms with Crippen molar-refractivity contribution in [2.24, 2.45) is 0 Å². The van der Waals surface area contributed by atoms with Gasteiger partial charge in [0, 0.05) is 42.5 Å². The Kier molecular flexibility index (Phi) is 6.07. The molecule has 1 aliphatic heterocycles. The number of rotatable bonds is 7. The highest BCUT2D eigenvalue weighted by Gasteiger charge is 2.21. The Labute approximate surface area is 166 Å². The maximum atomic E-state index is 12.8. The molecule has 1 atom stereocenters. The SMILES string of the molecule is O=C(CC(c1ccccc1)c1c[nH]c2ccccc12)NCCN1CCCCC1. The van der Waals surface area contributed by atoms with Crippen LogP contribution in [-0.4, -0.2) is 42.0 Å². The Morgan fingerprint density at radius 3 is 2.57 bits per heavy atom. The minimum absolute atomic E-state index is 0.0485. The highest BCUT2D eigenvalue weighted by Crippen LogP contribution is 2.33. The normalized spacial score (nSPS) is 16.1. The van der Waals surface area contributed by atoms with Crippen molar-refractivity contribution in [3.05, 3.63) is 71.9 Å². The van der Waals surface area contributed by atoms with Crippen LogP contribution in [0.5, 0.6) is 0 Å². The van der Waals surface area contributed by atoms with Gasteiger partial charge in [-0.1, -0.05) is 55.0 Å². The number of nitrogens with zero attached hydrogens (tertiary/aromatic N) is 1. The lowest BCUT2D eigenvalue weighted by Crippen LogP contribution is -2.38. The maximum absolute atomic E-state index is 12.8. The van der Waals surface area contributed by atoms with E-state index in [1.807, 2.05) is 24.3 Å². The number of piperidine rings is 1. The van der Waals surface area contributed by atoms with Gasteiger partial charge in [-0.25, -0.2) is 0 Å². The summed E-state index contributed by atoms with van der Waals surface area (Å²) in [6.07, 6.45) is 6.43. The summed E-state index contributed by atoms with van der Waals surface area (Å²) in [4.78, 5) is 18.6. The molecule has 1 saturated heterocycles. The van der Waals surface area contributed by atoms with Crippen LogP contribution in [-0.2, 0) is 4.79 Å². The maximum Gasteiger partial charge on any atom is 0.220 e. The van der Waals surface area contributed by atoms with E-state index in [4.69, 9.17) is 0 Å². The summed E-state index contributed by atoms with van der Waals surface area (Å²) in [5.41, 5.74) is 3.48. The van der Waals surface area contributed by atoms with Gasteiger partial charge in [0.05, 0.1) is 0 Å². The molecule has 1 unspecified atom stereocenters. The van der Waals surface area contributed by atoms with Gasteiger partial charge in [0.1, 0.15) is 0 Å². The number of amides is 1. The van der Waals surface area contributed by atoms with Gasteiger partial charge in [0.15, 0.2) is 0 Å². The van der Waals surface area contributed by atoms with E-state index in [1.165, 1.54) is 35.8 Å². The molecule has 3 aromatic rings. The fourth-order valence-corrected chi connectivity index (χ4v) is 4.27. The Balaban J connectivity index is 1.46. The van der Waals surface area contributed by atoms with Crippen molar-refractivity contribution in [3.8, 4) is 0 Å². The number of carbonyl (C=O) groups excluding carboxylic acids is 1. The molecule has 0 spiro atoms. The molecule has 4 nitrogen and oxygen atoms in total. The molecule has 0 bridgehead atoms. The molecule has 4 rings (SSSR count). The van der Waals surface area contributed by atoms with Crippen LogP contribution in [0.15, 0.2) is 60.8 Å². The molecular weight excluding hydrogens is 346 g/mol. The van der Waals surface area contributed by atoms with Crippen LogP contribution in [0.3, 0.4) is 0 Å². The number of hydrogen-bond donors (Lipinski definition) is 2. The third-order valence-electron chi connectivity index (χ3n) is 5.79. The van der Waals surface area contributed by atoms with Gasteiger partial charge in [0.25, 0.3) is 0 Å². The van der Waals surface area contributed by atoms with Crippen LogP contribution in [0.25, 0.3) is 10.9 Å². The van der Waals surface area contributed by atoms with Gasteiger partial charge in [-0.3, -0.25) is 4.79 Å². The predicted octanol–water partition coefficient (Wildman–Crippen LogP) is 4.29. The molecule has 28 heavy (non-hydrogen) atoms. The van der Waals surface area contributed by atoms with Gasteiger partial charge in [-0.15, -0.1) is 0 Å². The first-order chi connectivity index (χ1) is 13.8. The lowest BCUT2D eigenvalue weighted by molar-refractivity contribution is -0.121. The lowest BCUT2D eigenvalue weighted by Gasteiger charge is -2.26. The van der Waals surface area contributed by atoms with E-state index in [1.54, 1.807) is 0 Å². The van der Waals surface area contributed by atoms with Gasteiger partial charge >= 0.3 is 0 Å². The number of fused-ring (bicyclic) bond motifs is 1. The molecule has 4 heteroatoms. The van der Waals surface area contributed by atoms with Crippen LogP contribution in [0.1, 0.15) is 42.7 Å². The predicted molar refractivity (Wildman–Crippen MR) is 115 cm³/mol. The molecule has 2 aromatic carbocycles. The van der Waals surface area contributed by atoms with Crippen LogP contribution in [0.2, 0.25) is 0 Å². The molecule has 1 fully saturated rings. The zero-order valence-corrected chi connectivity index (χ0v) is 16.4. The summed E-state index contributed by atoms with van der Waals surface area (Å²) in [5.74, 6) is 0.170. The summed E-state index contributed by atoms with van der Waals surface area (Å²) < 4.78 is 0. The second-order valence-corrected chi connectivity index (χ2v) is 7.71. The van der Waals surface area contributed by atoms with Crippen molar-refractivity contribution in [1.82, 2.24) is 15.2 Å². The van der Waals surface area contributed by atoms with E-state index in [2.05, 4.69) is 51.7 Å². The Hall–Kier alpha value is -2.59. The van der Waals surface area contributed by atoms with E-state index >= 15 is 0 Å². The van der Waals surface area contributed by atoms with E-state index in [0.717, 1.165) is 31.7 Å².